The molecule has 0 amide bonds. The Kier molecular flexibility index (Phi) is 1.85. The fourth-order valence-electron chi connectivity index (χ4n) is 1.35. The van der Waals surface area contributed by atoms with Crippen molar-refractivity contribution in [2.75, 3.05) is 0 Å². The van der Waals surface area contributed by atoms with Gasteiger partial charge in [-0.25, -0.2) is 0 Å². The molecule has 66 valence electrons. The Morgan fingerprint density at radius 3 is 2.23 bits per heavy atom. The lowest BCUT2D eigenvalue weighted by Crippen LogP contribution is -1.94. The molecule has 13 heavy (non-hydrogen) atoms. The van der Waals surface area contributed by atoms with Crippen molar-refractivity contribution in [2.24, 2.45) is 0 Å². The molecule has 1 aliphatic carbocycles. The highest BCUT2D eigenvalue weighted by Gasteiger charge is 2.10. The van der Waals surface area contributed by atoms with Crippen molar-refractivity contribution in [3.05, 3.63) is 46.0 Å². The van der Waals surface area contributed by atoms with Crippen LogP contribution in [0.4, 0.5) is 5.69 Å². The van der Waals surface area contributed by atoms with Gasteiger partial charge in [0.1, 0.15) is 0 Å². The average Bonchev–Trinajstić information content (AvgIpc) is 2.02. The predicted octanol–water partition coefficient (Wildman–Crippen LogP) is 2.77. The SMILES string of the molecule is O=[N+]([O-])c1ccc(C2=CCC2)cc1. The molecular weight excluding hydrogens is 166 g/mol. The molecule has 1 aromatic carbocycles. The van der Waals surface area contributed by atoms with Crippen LogP contribution in [0.1, 0.15) is 18.4 Å². The Balaban J connectivity index is 2.28. The van der Waals surface area contributed by atoms with E-state index in [4.69, 9.17) is 0 Å². The summed E-state index contributed by atoms with van der Waals surface area (Å²) >= 11 is 0. The first-order valence-electron chi connectivity index (χ1n) is 4.21. The number of allylic oxidation sites excluding steroid dienone is 2. The van der Waals surface area contributed by atoms with Crippen LogP contribution in [-0.4, -0.2) is 4.92 Å². The second kappa shape index (κ2) is 3.01. The monoisotopic (exact) mass is 175 g/mol. The second-order valence-corrected chi connectivity index (χ2v) is 3.07. The zero-order valence-corrected chi connectivity index (χ0v) is 7.06. The molecule has 1 aliphatic rings. The van der Waals surface area contributed by atoms with Crippen LogP contribution in [0.15, 0.2) is 30.3 Å². The summed E-state index contributed by atoms with van der Waals surface area (Å²) in [4.78, 5) is 9.98. The molecule has 3 nitrogen and oxygen atoms in total. The Labute approximate surface area is 75.8 Å². The van der Waals surface area contributed by atoms with Crippen molar-refractivity contribution in [1.82, 2.24) is 0 Å². The van der Waals surface area contributed by atoms with Crippen molar-refractivity contribution in [3.63, 3.8) is 0 Å². The van der Waals surface area contributed by atoms with E-state index in [-0.39, 0.29) is 10.6 Å². The van der Waals surface area contributed by atoms with Gasteiger partial charge in [0.25, 0.3) is 5.69 Å². The van der Waals surface area contributed by atoms with E-state index in [0.29, 0.717) is 0 Å². The first kappa shape index (κ1) is 7.98. The number of rotatable bonds is 2. The third kappa shape index (κ3) is 1.45. The molecule has 0 bridgehead atoms. The van der Waals surface area contributed by atoms with E-state index >= 15 is 0 Å². The number of nitro groups is 1. The summed E-state index contributed by atoms with van der Waals surface area (Å²) in [6.45, 7) is 0. The largest absolute Gasteiger partial charge is 0.269 e. The molecule has 0 unspecified atom stereocenters. The second-order valence-electron chi connectivity index (χ2n) is 3.07. The molecule has 0 saturated carbocycles. The third-order valence-electron chi connectivity index (χ3n) is 2.25. The smallest absolute Gasteiger partial charge is 0.258 e. The Bertz CT molecular complexity index is 365. The van der Waals surface area contributed by atoms with Gasteiger partial charge in [-0.05, 0) is 36.1 Å². The van der Waals surface area contributed by atoms with Gasteiger partial charge in [0.05, 0.1) is 4.92 Å². The lowest BCUT2D eigenvalue weighted by molar-refractivity contribution is -0.384. The summed E-state index contributed by atoms with van der Waals surface area (Å²) in [5.41, 5.74) is 2.57. The van der Waals surface area contributed by atoms with Crippen LogP contribution in [0.25, 0.3) is 5.57 Å². The van der Waals surface area contributed by atoms with Gasteiger partial charge >= 0.3 is 0 Å². The summed E-state index contributed by atoms with van der Waals surface area (Å²) in [5, 5.41) is 10.4. The minimum absolute atomic E-state index is 0.156. The molecule has 0 N–H and O–H groups in total. The third-order valence-corrected chi connectivity index (χ3v) is 2.25. The van der Waals surface area contributed by atoms with E-state index in [1.54, 1.807) is 12.1 Å². The van der Waals surface area contributed by atoms with Crippen LogP contribution in [0, 0.1) is 10.1 Å². The Morgan fingerprint density at radius 1 is 1.23 bits per heavy atom. The van der Waals surface area contributed by atoms with Gasteiger partial charge in [-0.15, -0.1) is 0 Å². The first-order chi connectivity index (χ1) is 6.27. The van der Waals surface area contributed by atoms with Crippen molar-refractivity contribution >= 4 is 11.3 Å². The minimum atomic E-state index is -0.376. The average molecular weight is 175 g/mol. The number of nitrogens with zero attached hydrogens (tertiary/aromatic N) is 1. The van der Waals surface area contributed by atoms with Gasteiger partial charge < -0.3 is 0 Å². The number of nitro benzene ring substituents is 1. The topological polar surface area (TPSA) is 43.1 Å². The summed E-state index contributed by atoms with van der Waals surface area (Å²) in [5.74, 6) is 0. The predicted molar refractivity (Wildman–Crippen MR) is 50.3 cm³/mol. The van der Waals surface area contributed by atoms with Gasteiger partial charge in [-0.1, -0.05) is 6.08 Å². The van der Waals surface area contributed by atoms with E-state index in [2.05, 4.69) is 6.08 Å². The molecule has 1 aromatic rings. The van der Waals surface area contributed by atoms with Crippen LogP contribution in [0.2, 0.25) is 0 Å². The molecule has 0 heterocycles. The molecule has 0 aromatic heterocycles. The summed E-state index contributed by atoms with van der Waals surface area (Å²) in [7, 11) is 0. The van der Waals surface area contributed by atoms with Crippen LogP contribution < -0.4 is 0 Å². The number of benzene rings is 1. The lowest BCUT2D eigenvalue weighted by Gasteiger charge is -2.13. The zero-order chi connectivity index (χ0) is 9.26. The Hall–Kier alpha value is -1.64. The summed E-state index contributed by atoms with van der Waals surface area (Å²) in [6.07, 6.45) is 4.38. The van der Waals surface area contributed by atoms with Crippen LogP contribution >= 0.6 is 0 Å². The molecule has 0 saturated heterocycles. The highest BCUT2D eigenvalue weighted by Crippen LogP contribution is 2.29. The molecule has 0 fully saturated rings. The van der Waals surface area contributed by atoms with Crippen molar-refractivity contribution < 1.29 is 4.92 Å². The quantitative estimate of drug-likeness (QED) is 0.512. The summed E-state index contributed by atoms with van der Waals surface area (Å²) in [6, 6.07) is 6.72. The number of hydrogen-bond acceptors (Lipinski definition) is 2. The fourth-order valence-corrected chi connectivity index (χ4v) is 1.35. The Morgan fingerprint density at radius 2 is 1.85 bits per heavy atom. The molecule has 0 radical (unpaired) electrons. The van der Waals surface area contributed by atoms with E-state index in [1.165, 1.54) is 5.57 Å². The molecule has 2 rings (SSSR count). The summed E-state index contributed by atoms with van der Waals surface area (Å²) < 4.78 is 0. The lowest BCUT2D eigenvalue weighted by atomic mass is 9.92. The van der Waals surface area contributed by atoms with E-state index in [1.807, 2.05) is 12.1 Å². The molecule has 3 heteroatoms. The maximum absolute atomic E-state index is 10.4. The van der Waals surface area contributed by atoms with Crippen molar-refractivity contribution in [1.29, 1.82) is 0 Å². The first-order valence-corrected chi connectivity index (χ1v) is 4.21. The van der Waals surface area contributed by atoms with Crippen LogP contribution in [0.3, 0.4) is 0 Å². The van der Waals surface area contributed by atoms with Gasteiger partial charge in [0.2, 0.25) is 0 Å². The van der Waals surface area contributed by atoms with Crippen LogP contribution in [-0.2, 0) is 0 Å². The normalized spacial score (nSPS) is 14.6. The van der Waals surface area contributed by atoms with Crippen molar-refractivity contribution in [3.8, 4) is 0 Å². The maximum atomic E-state index is 10.4. The number of hydrogen-bond donors (Lipinski definition) is 0. The van der Waals surface area contributed by atoms with E-state index in [9.17, 15) is 10.1 Å². The molecular formula is C10H9NO2. The van der Waals surface area contributed by atoms with Crippen LogP contribution in [0.5, 0.6) is 0 Å². The zero-order valence-electron chi connectivity index (χ0n) is 7.06. The highest BCUT2D eigenvalue weighted by molar-refractivity contribution is 5.70. The standard InChI is InChI=1S/C10H9NO2/c12-11(13)10-6-4-9(5-7-10)8-2-1-3-8/h2,4-7H,1,3H2. The van der Waals surface area contributed by atoms with E-state index in [0.717, 1.165) is 18.4 Å². The highest BCUT2D eigenvalue weighted by atomic mass is 16.6. The molecule has 0 spiro atoms. The van der Waals surface area contributed by atoms with Gasteiger partial charge in [-0.3, -0.25) is 10.1 Å². The minimum Gasteiger partial charge on any atom is -0.258 e. The fraction of sp³-hybridized carbons (Fsp3) is 0.200. The van der Waals surface area contributed by atoms with Crippen molar-refractivity contribution in [2.45, 2.75) is 12.8 Å². The molecule has 0 aliphatic heterocycles. The molecule has 0 atom stereocenters. The van der Waals surface area contributed by atoms with Gasteiger partial charge in [-0.2, -0.15) is 0 Å². The van der Waals surface area contributed by atoms with Gasteiger partial charge in [0.15, 0.2) is 0 Å². The number of non-ortho nitro benzene ring substituents is 1. The maximum Gasteiger partial charge on any atom is 0.269 e. The van der Waals surface area contributed by atoms with E-state index < -0.39 is 0 Å². The van der Waals surface area contributed by atoms with Gasteiger partial charge in [0, 0.05) is 12.1 Å².